The number of rotatable bonds is 8. The molecular formula is C11H20O4. The second-order valence-corrected chi connectivity index (χ2v) is 3.53. The number of ketones is 1. The molecule has 0 rings (SSSR count). The maximum atomic E-state index is 11.1. The summed E-state index contributed by atoms with van der Waals surface area (Å²) in [4.78, 5) is 22.3. The third-order valence-electron chi connectivity index (χ3n) is 1.96. The summed E-state index contributed by atoms with van der Waals surface area (Å²) in [5.74, 6) is -0.787. The van der Waals surface area contributed by atoms with Gasteiger partial charge in [-0.15, -0.1) is 0 Å². The molecule has 1 N–H and O–H groups in total. The lowest BCUT2D eigenvalue weighted by molar-refractivity contribution is -0.155. The van der Waals surface area contributed by atoms with Crippen LogP contribution in [-0.2, 0) is 14.3 Å². The molecule has 0 bridgehead atoms. The van der Waals surface area contributed by atoms with E-state index in [1.54, 1.807) is 0 Å². The van der Waals surface area contributed by atoms with E-state index in [1.165, 1.54) is 0 Å². The minimum absolute atomic E-state index is 0.0996. The van der Waals surface area contributed by atoms with Crippen LogP contribution in [0.1, 0.15) is 46.0 Å². The molecule has 0 saturated carbocycles. The van der Waals surface area contributed by atoms with E-state index in [2.05, 4.69) is 0 Å². The predicted molar refractivity (Wildman–Crippen MR) is 56.4 cm³/mol. The summed E-state index contributed by atoms with van der Waals surface area (Å²) in [6.45, 7) is 4.17. The summed E-state index contributed by atoms with van der Waals surface area (Å²) >= 11 is 0. The molecule has 1 atom stereocenters. The minimum Gasteiger partial charge on any atom is -0.464 e. The van der Waals surface area contributed by atoms with E-state index < -0.39 is 12.1 Å². The van der Waals surface area contributed by atoms with Crippen LogP contribution in [0.15, 0.2) is 0 Å². The average Bonchev–Trinajstić information content (AvgIpc) is 2.18. The van der Waals surface area contributed by atoms with Gasteiger partial charge < -0.3 is 9.84 Å². The van der Waals surface area contributed by atoms with E-state index in [0.717, 1.165) is 19.3 Å². The molecule has 0 heterocycles. The number of esters is 1. The molecule has 0 unspecified atom stereocenters. The van der Waals surface area contributed by atoms with E-state index in [-0.39, 0.29) is 12.2 Å². The summed E-state index contributed by atoms with van der Waals surface area (Å²) in [6, 6.07) is 0. The zero-order valence-corrected chi connectivity index (χ0v) is 9.49. The van der Waals surface area contributed by atoms with Crippen LogP contribution in [0.2, 0.25) is 0 Å². The Morgan fingerprint density at radius 2 is 1.93 bits per heavy atom. The maximum Gasteiger partial charge on any atom is 0.335 e. The largest absolute Gasteiger partial charge is 0.464 e. The summed E-state index contributed by atoms with van der Waals surface area (Å²) in [5, 5.41) is 9.32. The number of hydrogen-bond acceptors (Lipinski definition) is 4. The van der Waals surface area contributed by atoms with Gasteiger partial charge in [-0.25, -0.2) is 4.79 Å². The van der Waals surface area contributed by atoms with Crippen LogP contribution in [0, 0.1) is 0 Å². The molecule has 0 aromatic heterocycles. The average molecular weight is 216 g/mol. The summed E-state index contributed by atoms with van der Waals surface area (Å²) in [7, 11) is 0. The lowest BCUT2D eigenvalue weighted by Crippen LogP contribution is -2.26. The fourth-order valence-electron chi connectivity index (χ4n) is 1.09. The van der Waals surface area contributed by atoms with E-state index in [4.69, 9.17) is 4.74 Å². The second-order valence-electron chi connectivity index (χ2n) is 3.53. The predicted octanol–water partition coefficient (Wildman–Crippen LogP) is 1.45. The van der Waals surface area contributed by atoms with Gasteiger partial charge in [-0.2, -0.15) is 0 Å². The Balaban J connectivity index is 3.73. The molecule has 0 fully saturated rings. The number of carbonyl (C=O) groups is 2. The number of aliphatic hydroxyl groups is 1. The Morgan fingerprint density at radius 3 is 2.47 bits per heavy atom. The highest BCUT2D eigenvalue weighted by Gasteiger charge is 2.19. The van der Waals surface area contributed by atoms with Crippen LogP contribution in [0.3, 0.4) is 0 Å². The van der Waals surface area contributed by atoms with Crippen molar-refractivity contribution in [3.8, 4) is 0 Å². The zero-order chi connectivity index (χ0) is 11.7. The Labute approximate surface area is 90.6 Å². The topological polar surface area (TPSA) is 63.6 Å². The van der Waals surface area contributed by atoms with Crippen LogP contribution in [-0.4, -0.2) is 29.6 Å². The van der Waals surface area contributed by atoms with Gasteiger partial charge in [0.15, 0.2) is 6.10 Å². The first-order valence-corrected chi connectivity index (χ1v) is 5.48. The Morgan fingerprint density at radius 1 is 1.27 bits per heavy atom. The van der Waals surface area contributed by atoms with Gasteiger partial charge >= 0.3 is 5.97 Å². The Bertz CT molecular complexity index is 201. The van der Waals surface area contributed by atoms with Gasteiger partial charge in [0.1, 0.15) is 5.78 Å². The van der Waals surface area contributed by atoms with Crippen molar-refractivity contribution in [2.75, 3.05) is 6.61 Å². The van der Waals surface area contributed by atoms with Gasteiger partial charge in [0.25, 0.3) is 0 Å². The molecule has 4 nitrogen and oxygen atoms in total. The third kappa shape index (κ3) is 7.08. The summed E-state index contributed by atoms with van der Waals surface area (Å²) in [6.07, 6.45) is 1.43. The SMILES string of the molecule is CCCCOC(=O)[C@H](O)CC(=O)CCC. The number of Topliss-reactive ketones (excluding diaryl/α,β-unsaturated/α-hetero) is 1. The lowest BCUT2D eigenvalue weighted by Gasteiger charge is -2.09. The highest BCUT2D eigenvalue weighted by molar-refractivity contribution is 5.85. The van der Waals surface area contributed by atoms with E-state index in [1.807, 2.05) is 13.8 Å². The standard InChI is InChI=1S/C11H20O4/c1-3-5-7-15-11(14)10(13)8-9(12)6-4-2/h10,13H,3-8H2,1-2H3/t10-/m1/s1. The van der Waals surface area contributed by atoms with Crippen molar-refractivity contribution in [2.45, 2.75) is 52.1 Å². The van der Waals surface area contributed by atoms with Crippen molar-refractivity contribution in [1.82, 2.24) is 0 Å². The number of hydrogen-bond donors (Lipinski definition) is 1. The van der Waals surface area contributed by atoms with Crippen LogP contribution in [0.5, 0.6) is 0 Å². The fourth-order valence-corrected chi connectivity index (χ4v) is 1.09. The van der Waals surface area contributed by atoms with Gasteiger partial charge in [-0.3, -0.25) is 4.79 Å². The third-order valence-corrected chi connectivity index (χ3v) is 1.96. The molecule has 4 heteroatoms. The molecule has 0 aliphatic carbocycles. The second kappa shape index (κ2) is 8.41. The number of unbranched alkanes of at least 4 members (excludes halogenated alkanes) is 1. The molecule has 0 aliphatic rings. The quantitative estimate of drug-likeness (QED) is 0.492. The first-order valence-electron chi connectivity index (χ1n) is 5.48. The van der Waals surface area contributed by atoms with Crippen LogP contribution < -0.4 is 0 Å². The number of ether oxygens (including phenoxy) is 1. The smallest absolute Gasteiger partial charge is 0.335 e. The van der Waals surface area contributed by atoms with Crippen LogP contribution >= 0.6 is 0 Å². The van der Waals surface area contributed by atoms with Gasteiger partial charge in [-0.05, 0) is 12.8 Å². The summed E-state index contributed by atoms with van der Waals surface area (Å²) in [5.41, 5.74) is 0. The van der Waals surface area contributed by atoms with Crippen LogP contribution in [0.4, 0.5) is 0 Å². The van der Waals surface area contributed by atoms with Crippen molar-refractivity contribution < 1.29 is 19.4 Å². The van der Waals surface area contributed by atoms with Crippen LogP contribution in [0.25, 0.3) is 0 Å². The van der Waals surface area contributed by atoms with Gasteiger partial charge in [-0.1, -0.05) is 20.3 Å². The summed E-state index contributed by atoms with van der Waals surface area (Å²) < 4.78 is 4.78. The maximum absolute atomic E-state index is 11.1. The highest BCUT2D eigenvalue weighted by atomic mass is 16.5. The Kier molecular flexibility index (Phi) is 7.91. The van der Waals surface area contributed by atoms with E-state index >= 15 is 0 Å². The molecule has 0 saturated heterocycles. The van der Waals surface area contributed by atoms with E-state index in [0.29, 0.717) is 13.0 Å². The molecular weight excluding hydrogens is 196 g/mol. The zero-order valence-electron chi connectivity index (χ0n) is 9.49. The van der Waals surface area contributed by atoms with Gasteiger partial charge in [0, 0.05) is 12.8 Å². The molecule has 0 aromatic rings. The first-order chi connectivity index (χ1) is 7.11. The van der Waals surface area contributed by atoms with Crippen molar-refractivity contribution in [2.24, 2.45) is 0 Å². The molecule has 88 valence electrons. The number of carbonyl (C=O) groups excluding carboxylic acids is 2. The number of aliphatic hydroxyl groups excluding tert-OH is 1. The van der Waals surface area contributed by atoms with Gasteiger partial charge in [0.2, 0.25) is 0 Å². The van der Waals surface area contributed by atoms with Crippen molar-refractivity contribution >= 4 is 11.8 Å². The van der Waals surface area contributed by atoms with Gasteiger partial charge in [0.05, 0.1) is 6.61 Å². The van der Waals surface area contributed by atoms with Crippen molar-refractivity contribution in [3.63, 3.8) is 0 Å². The lowest BCUT2D eigenvalue weighted by atomic mass is 10.1. The fraction of sp³-hybridized carbons (Fsp3) is 0.818. The molecule has 15 heavy (non-hydrogen) atoms. The normalized spacial score (nSPS) is 12.2. The minimum atomic E-state index is -1.29. The van der Waals surface area contributed by atoms with Crippen molar-refractivity contribution in [3.05, 3.63) is 0 Å². The highest BCUT2D eigenvalue weighted by Crippen LogP contribution is 2.02. The molecule has 0 amide bonds. The van der Waals surface area contributed by atoms with Crippen molar-refractivity contribution in [1.29, 1.82) is 0 Å². The molecule has 0 radical (unpaired) electrons. The Hall–Kier alpha value is -0.900. The molecule has 0 aliphatic heterocycles. The van der Waals surface area contributed by atoms with E-state index in [9.17, 15) is 14.7 Å². The first kappa shape index (κ1) is 14.1. The molecule has 0 aromatic carbocycles. The monoisotopic (exact) mass is 216 g/mol. The molecule has 0 spiro atoms.